The van der Waals surface area contributed by atoms with Crippen molar-refractivity contribution in [1.29, 1.82) is 0 Å². The lowest BCUT2D eigenvalue weighted by molar-refractivity contribution is -0.134. The summed E-state index contributed by atoms with van der Waals surface area (Å²) in [6.07, 6.45) is 2.12. The first-order valence-electron chi connectivity index (χ1n) is 7.44. The van der Waals surface area contributed by atoms with E-state index in [4.69, 9.17) is 5.73 Å². The molecule has 1 aliphatic heterocycles. The molecule has 110 valence electrons. The number of nitrogens with two attached hydrogens (primary N) is 1. The van der Waals surface area contributed by atoms with Gasteiger partial charge < -0.3 is 16.0 Å². The van der Waals surface area contributed by atoms with Crippen molar-refractivity contribution in [2.45, 2.75) is 38.8 Å². The van der Waals surface area contributed by atoms with E-state index in [0.29, 0.717) is 6.04 Å². The second kappa shape index (κ2) is 6.75. The van der Waals surface area contributed by atoms with Gasteiger partial charge in [0.25, 0.3) is 0 Å². The molecule has 0 spiro atoms. The predicted octanol–water partition coefficient (Wildman–Crippen LogP) is 2.07. The zero-order valence-corrected chi connectivity index (χ0v) is 12.4. The summed E-state index contributed by atoms with van der Waals surface area (Å²) in [5, 5.41) is 3.50. The third-order valence-electron chi connectivity index (χ3n) is 3.88. The molecule has 3 N–H and O–H groups in total. The van der Waals surface area contributed by atoms with Crippen LogP contribution in [0.2, 0.25) is 0 Å². The van der Waals surface area contributed by atoms with Crippen LogP contribution in [0.25, 0.3) is 0 Å². The fourth-order valence-electron chi connectivity index (χ4n) is 2.56. The maximum Gasteiger partial charge on any atom is 0.239 e. The molecule has 4 nitrogen and oxygen atoms in total. The van der Waals surface area contributed by atoms with Gasteiger partial charge in [0.15, 0.2) is 0 Å². The third kappa shape index (κ3) is 3.73. The highest BCUT2D eigenvalue weighted by molar-refractivity contribution is 5.82. The molecule has 1 aliphatic rings. The van der Waals surface area contributed by atoms with Crippen LogP contribution in [0, 0.1) is 5.92 Å². The first kappa shape index (κ1) is 14.9. The van der Waals surface area contributed by atoms with E-state index in [9.17, 15) is 4.79 Å². The zero-order chi connectivity index (χ0) is 14.5. The Labute approximate surface area is 121 Å². The normalized spacial score (nSPS) is 20.8. The van der Waals surface area contributed by atoms with Crippen molar-refractivity contribution in [3.05, 3.63) is 30.3 Å². The molecule has 0 aliphatic carbocycles. The second-order valence-corrected chi connectivity index (χ2v) is 5.90. The van der Waals surface area contributed by atoms with E-state index in [-0.39, 0.29) is 17.9 Å². The number of hydrogen-bond acceptors (Lipinski definition) is 3. The third-order valence-corrected chi connectivity index (χ3v) is 3.88. The molecule has 20 heavy (non-hydrogen) atoms. The van der Waals surface area contributed by atoms with Gasteiger partial charge >= 0.3 is 0 Å². The highest BCUT2D eigenvalue weighted by Crippen LogP contribution is 2.17. The molecule has 1 saturated heterocycles. The van der Waals surface area contributed by atoms with Crippen LogP contribution in [0.3, 0.4) is 0 Å². The summed E-state index contributed by atoms with van der Waals surface area (Å²) in [5.41, 5.74) is 7.09. The van der Waals surface area contributed by atoms with E-state index >= 15 is 0 Å². The molecular formula is C16H25N3O. The molecule has 0 aromatic heterocycles. The number of anilines is 1. The predicted molar refractivity (Wildman–Crippen MR) is 82.5 cm³/mol. The number of rotatable bonds is 4. The fourth-order valence-corrected chi connectivity index (χ4v) is 2.56. The Bertz CT molecular complexity index is 433. The Kier molecular flexibility index (Phi) is 5.01. The molecule has 1 aromatic carbocycles. The summed E-state index contributed by atoms with van der Waals surface area (Å²) in [6.45, 7) is 5.55. The van der Waals surface area contributed by atoms with Crippen molar-refractivity contribution in [1.82, 2.24) is 4.90 Å². The lowest BCUT2D eigenvalue weighted by Gasteiger charge is -2.35. The standard InChI is InChI=1S/C16H25N3O/c1-12(2)15(17)16(20)19-10-6-9-14(11-19)18-13-7-4-3-5-8-13/h3-5,7-8,12,14-15,18H,6,9-11,17H2,1-2H3/t14?,15-/m0/s1. The Balaban J connectivity index is 1.93. The molecule has 1 fully saturated rings. The average Bonchev–Trinajstić information content (AvgIpc) is 2.47. The summed E-state index contributed by atoms with van der Waals surface area (Å²) < 4.78 is 0. The van der Waals surface area contributed by atoms with E-state index in [1.54, 1.807) is 0 Å². The number of likely N-dealkylation sites (tertiary alicyclic amines) is 1. The number of benzene rings is 1. The quantitative estimate of drug-likeness (QED) is 0.884. The van der Waals surface area contributed by atoms with Gasteiger partial charge in [0.2, 0.25) is 5.91 Å². The number of hydrogen-bond donors (Lipinski definition) is 2. The molecule has 0 radical (unpaired) electrons. The van der Waals surface area contributed by atoms with Gasteiger partial charge in [-0.05, 0) is 30.9 Å². The van der Waals surface area contributed by atoms with Gasteiger partial charge in [0, 0.05) is 24.8 Å². The number of carbonyl (C=O) groups is 1. The second-order valence-electron chi connectivity index (χ2n) is 5.90. The SMILES string of the molecule is CC(C)[C@H](N)C(=O)N1CCCC(Nc2ccccc2)C1. The first-order valence-corrected chi connectivity index (χ1v) is 7.44. The molecule has 2 atom stereocenters. The molecule has 0 saturated carbocycles. The van der Waals surface area contributed by atoms with E-state index in [1.165, 1.54) is 0 Å². The summed E-state index contributed by atoms with van der Waals surface area (Å²) in [7, 11) is 0. The van der Waals surface area contributed by atoms with Crippen LogP contribution in [-0.2, 0) is 4.79 Å². The number of nitrogens with one attached hydrogen (secondary N) is 1. The molecule has 1 aromatic rings. The number of para-hydroxylation sites is 1. The lowest BCUT2D eigenvalue weighted by atomic mass is 10.0. The van der Waals surface area contributed by atoms with Crippen LogP contribution in [0.1, 0.15) is 26.7 Å². The van der Waals surface area contributed by atoms with Crippen molar-refractivity contribution in [3.8, 4) is 0 Å². The largest absolute Gasteiger partial charge is 0.381 e. The molecule has 4 heteroatoms. The zero-order valence-electron chi connectivity index (χ0n) is 12.4. The van der Waals surface area contributed by atoms with Crippen LogP contribution in [0.4, 0.5) is 5.69 Å². The van der Waals surface area contributed by atoms with Crippen molar-refractivity contribution in [3.63, 3.8) is 0 Å². The Morgan fingerprint density at radius 3 is 2.70 bits per heavy atom. The summed E-state index contributed by atoms with van der Waals surface area (Å²) in [6, 6.07) is 10.1. The van der Waals surface area contributed by atoms with Gasteiger partial charge in [-0.2, -0.15) is 0 Å². The van der Waals surface area contributed by atoms with Crippen LogP contribution in [0.15, 0.2) is 30.3 Å². The van der Waals surface area contributed by atoms with Crippen molar-refractivity contribution in [2.75, 3.05) is 18.4 Å². The van der Waals surface area contributed by atoms with Gasteiger partial charge in [-0.15, -0.1) is 0 Å². The topological polar surface area (TPSA) is 58.4 Å². The molecular weight excluding hydrogens is 250 g/mol. The molecule has 1 heterocycles. The average molecular weight is 275 g/mol. The highest BCUT2D eigenvalue weighted by atomic mass is 16.2. The summed E-state index contributed by atoms with van der Waals surface area (Å²) >= 11 is 0. The minimum Gasteiger partial charge on any atom is -0.381 e. The van der Waals surface area contributed by atoms with Gasteiger partial charge in [0.05, 0.1) is 6.04 Å². The van der Waals surface area contributed by atoms with Crippen molar-refractivity contribution < 1.29 is 4.79 Å². The van der Waals surface area contributed by atoms with Crippen molar-refractivity contribution in [2.24, 2.45) is 11.7 Å². The maximum absolute atomic E-state index is 12.3. The fraction of sp³-hybridized carbons (Fsp3) is 0.562. The minimum atomic E-state index is -0.384. The number of nitrogens with zero attached hydrogens (tertiary/aromatic N) is 1. The molecule has 1 unspecified atom stereocenters. The smallest absolute Gasteiger partial charge is 0.239 e. The van der Waals surface area contributed by atoms with Crippen LogP contribution in [-0.4, -0.2) is 36.0 Å². The number of amides is 1. The minimum absolute atomic E-state index is 0.0829. The molecule has 0 bridgehead atoms. The Morgan fingerprint density at radius 2 is 2.05 bits per heavy atom. The van der Waals surface area contributed by atoms with E-state index < -0.39 is 0 Å². The number of piperidine rings is 1. The van der Waals surface area contributed by atoms with E-state index in [0.717, 1.165) is 31.6 Å². The molecule has 1 amide bonds. The number of carbonyl (C=O) groups excluding carboxylic acids is 1. The maximum atomic E-state index is 12.3. The first-order chi connectivity index (χ1) is 9.58. The van der Waals surface area contributed by atoms with E-state index in [1.807, 2.05) is 36.9 Å². The van der Waals surface area contributed by atoms with Crippen molar-refractivity contribution >= 4 is 11.6 Å². The highest BCUT2D eigenvalue weighted by Gasteiger charge is 2.28. The van der Waals surface area contributed by atoms with Gasteiger partial charge in [0.1, 0.15) is 0 Å². The van der Waals surface area contributed by atoms with Crippen LogP contribution < -0.4 is 11.1 Å². The monoisotopic (exact) mass is 275 g/mol. The Hall–Kier alpha value is -1.55. The van der Waals surface area contributed by atoms with Crippen LogP contribution in [0.5, 0.6) is 0 Å². The Morgan fingerprint density at radius 1 is 1.35 bits per heavy atom. The lowest BCUT2D eigenvalue weighted by Crippen LogP contribution is -2.52. The van der Waals surface area contributed by atoms with Crippen LogP contribution >= 0.6 is 0 Å². The summed E-state index contributed by atoms with van der Waals surface area (Å²) in [4.78, 5) is 14.2. The molecule has 2 rings (SSSR count). The summed E-state index contributed by atoms with van der Waals surface area (Å²) in [5.74, 6) is 0.268. The van der Waals surface area contributed by atoms with Gasteiger partial charge in [-0.25, -0.2) is 0 Å². The van der Waals surface area contributed by atoms with E-state index in [2.05, 4.69) is 17.4 Å². The van der Waals surface area contributed by atoms with Gasteiger partial charge in [-0.1, -0.05) is 32.0 Å². The van der Waals surface area contributed by atoms with Gasteiger partial charge in [-0.3, -0.25) is 4.79 Å².